The largest absolute Gasteiger partial charge is 0.481 e. The first kappa shape index (κ1) is 14.4. The van der Waals surface area contributed by atoms with Gasteiger partial charge in [0, 0.05) is 12.6 Å². The van der Waals surface area contributed by atoms with Gasteiger partial charge in [-0.1, -0.05) is 13.8 Å². The molecular formula is C11H23NO3. The summed E-state index contributed by atoms with van der Waals surface area (Å²) in [5, 5.41) is 20.9. The fourth-order valence-electron chi connectivity index (χ4n) is 1.30. The lowest BCUT2D eigenvalue weighted by molar-refractivity contribution is -0.139. The molecule has 3 N–H and O–H groups in total. The van der Waals surface area contributed by atoms with E-state index in [9.17, 15) is 9.90 Å². The fourth-order valence-corrected chi connectivity index (χ4v) is 1.30. The third kappa shape index (κ3) is 9.69. The number of aliphatic carboxylic acids is 1. The summed E-state index contributed by atoms with van der Waals surface area (Å²) < 4.78 is 0. The van der Waals surface area contributed by atoms with Crippen LogP contribution in [-0.2, 0) is 4.79 Å². The number of carboxylic acids is 1. The molecule has 90 valence electrons. The van der Waals surface area contributed by atoms with Crippen molar-refractivity contribution in [2.24, 2.45) is 5.92 Å². The van der Waals surface area contributed by atoms with Crippen molar-refractivity contribution in [3.8, 4) is 0 Å². The van der Waals surface area contributed by atoms with Crippen LogP contribution in [0.15, 0.2) is 0 Å². The van der Waals surface area contributed by atoms with Gasteiger partial charge < -0.3 is 15.5 Å². The van der Waals surface area contributed by atoms with E-state index in [4.69, 9.17) is 5.11 Å². The maximum atomic E-state index is 10.3. The molecule has 0 spiro atoms. The maximum absolute atomic E-state index is 10.3. The molecule has 0 saturated carbocycles. The highest BCUT2D eigenvalue weighted by molar-refractivity contribution is 5.67. The molecule has 0 saturated heterocycles. The summed E-state index contributed by atoms with van der Waals surface area (Å²) in [7, 11) is 0. The summed E-state index contributed by atoms with van der Waals surface area (Å²) in [5.74, 6) is -0.280. The molecule has 0 heterocycles. The van der Waals surface area contributed by atoms with Crippen LogP contribution in [0, 0.1) is 5.92 Å². The van der Waals surface area contributed by atoms with Crippen LogP contribution < -0.4 is 5.32 Å². The van der Waals surface area contributed by atoms with E-state index in [0.29, 0.717) is 18.5 Å². The van der Waals surface area contributed by atoms with Crippen LogP contribution in [0.5, 0.6) is 0 Å². The van der Waals surface area contributed by atoms with Crippen LogP contribution in [0.25, 0.3) is 0 Å². The first-order chi connectivity index (χ1) is 6.91. The van der Waals surface area contributed by atoms with E-state index in [1.807, 2.05) is 0 Å². The van der Waals surface area contributed by atoms with Gasteiger partial charge in [-0.25, -0.2) is 0 Å². The smallest absolute Gasteiger partial charge is 0.306 e. The first-order valence-electron chi connectivity index (χ1n) is 5.55. The molecular weight excluding hydrogens is 194 g/mol. The van der Waals surface area contributed by atoms with Crippen LogP contribution in [0.2, 0.25) is 0 Å². The zero-order chi connectivity index (χ0) is 11.8. The zero-order valence-corrected chi connectivity index (χ0v) is 9.86. The highest BCUT2D eigenvalue weighted by Crippen LogP contribution is 2.06. The number of carbonyl (C=O) groups is 1. The Balaban J connectivity index is 3.52. The highest BCUT2D eigenvalue weighted by atomic mass is 16.4. The normalized spacial score (nSPS) is 15.3. The van der Waals surface area contributed by atoms with Crippen molar-refractivity contribution in [2.45, 2.75) is 52.2 Å². The molecule has 4 nitrogen and oxygen atoms in total. The second-order valence-corrected chi connectivity index (χ2v) is 4.53. The van der Waals surface area contributed by atoms with Crippen LogP contribution >= 0.6 is 0 Å². The van der Waals surface area contributed by atoms with Crippen molar-refractivity contribution in [3.05, 3.63) is 0 Å². The van der Waals surface area contributed by atoms with Gasteiger partial charge in [-0.3, -0.25) is 4.79 Å². The van der Waals surface area contributed by atoms with Crippen molar-refractivity contribution >= 4 is 5.97 Å². The van der Waals surface area contributed by atoms with Gasteiger partial charge in [0.2, 0.25) is 0 Å². The van der Waals surface area contributed by atoms with Gasteiger partial charge in [-0.2, -0.15) is 0 Å². The minimum absolute atomic E-state index is 0.191. The number of aliphatic hydroxyl groups is 1. The predicted molar refractivity (Wildman–Crippen MR) is 59.8 cm³/mol. The topological polar surface area (TPSA) is 69.6 Å². The van der Waals surface area contributed by atoms with Crippen LogP contribution in [-0.4, -0.2) is 34.9 Å². The standard InChI is InChI=1S/C11H23NO3/c1-8(2)4-5-9(3)12-7-10(13)6-11(14)15/h8-10,12-13H,4-7H2,1-3H3,(H,14,15). The molecule has 2 atom stereocenters. The van der Waals surface area contributed by atoms with Crippen molar-refractivity contribution in [2.75, 3.05) is 6.54 Å². The minimum Gasteiger partial charge on any atom is -0.481 e. The van der Waals surface area contributed by atoms with E-state index in [1.165, 1.54) is 0 Å². The van der Waals surface area contributed by atoms with Crippen molar-refractivity contribution in [3.63, 3.8) is 0 Å². The molecule has 15 heavy (non-hydrogen) atoms. The van der Waals surface area contributed by atoms with Gasteiger partial charge in [0.1, 0.15) is 0 Å². The first-order valence-corrected chi connectivity index (χ1v) is 5.55. The molecule has 0 rings (SSSR count). The van der Waals surface area contributed by atoms with Crippen molar-refractivity contribution < 1.29 is 15.0 Å². The van der Waals surface area contributed by atoms with Gasteiger partial charge in [0.05, 0.1) is 12.5 Å². The maximum Gasteiger partial charge on any atom is 0.306 e. The Bertz CT molecular complexity index is 183. The third-order valence-corrected chi connectivity index (χ3v) is 2.29. The summed E-state index contributed by atoms with van der Waals surface area (Å²) >= 11 is 0. The third-order valence-electron chi connectivity index (χ3n) is 2.29. The Kier molecular flexibility index (Phi) is 7.34. The molecule has 4 heteroatoms. The summed E-state index contributed by atoms with van der Waals surface area (Å²) in [4.78, 5) is 10.3. The lowest BCUT2D eigenvalue weighted by Crippen LogP contribution is -2.34. The number of rotatable bonds is 8. The Morgan fingerprint density at radius 1 is 1.27 bits per heavy atom. The van der Waals surface area contributed by atoms with Crippen LogP contribution in [0.3, 0.4) is 0 Å². The Morgan fingerprint density at radius 3 is 2.33 bits per heavy atom. The van der Waals surface area contributed by atoms with Gasteiger partial charge in [0.25, 0.3) is 0 Å². The lowest BCUT2D eigenvalue weighted by Gasteiger charge is -2.17. The average Bonchev–Trinajstić information content (AvgIpc) is 2.10. The molecule has 0 aliphatic heterocycles. The summed E-state index contributed by atoms with van der Waals surface area (Å²) in [5.41, 5.74) is 0. The molecule has 0 aromatic heterocycles. The average molecular weight is 217 g/mol. The summed E-state index contributed by atoms with van der Waals surface area (Å²) in [6.07, 6.45) is 1.22. The monoisotopic (exact) mass is 217 g/mol. The van der Waals surface area contributed by atoms with Crippen LogP contribution in [0.1, 0.15) is 40.0 Å². The molecule has 0 amide bonds. The Morgan fingerprint density at radius 2 is 1.87 bits per heavy atom. The SMILES string of the molecule is CC(C)CCC(C)NCC(O)CC(=O)O. The summed E-state index contributed by atoms with van der Waals surface area (Å²) in [6.45, 7) is 6.75. The zero-order valence-electron chi connectivity index (χ0n) is 9.86. The number of aliphatic hydroxyl groups excluding tert-OH is 1. The second-order valence-electron chi connectivity index (χ2n) is 4.53. The van der Waals surface area contributed by atoms with E-state index < -0.39 is 12.1 Å². The van der Waals surface area contributed by atoms with Gasteiger partial charge in [0.15, 0.2) is 0 Å². The van der Waals surface area contributed by atoms with Gasteiger partial charge in [-0.15, -0.1) is 0 Å². The van der Waals surface area contributed by atoms with E-state index in [2.05, 4.69) is 26.1 Å². The fraction of sp³-hybridized carbons (Fsp3) is 0.909. The molecule has 0 aromatic carbocycles. The molecule has 2 unspecified atom stereocenters. The number of carboxylic acid groups (broad SMARTS) is 1. The molecule has 0 aromatic rings. The number of hydrogen-bond donors (Lipinski definition) is 3. The number of nitrogens with one attached hydrogen (secondary N) is 1. The van der Waals surface area contributed by atoms with Crippen molar-refractivity contribution in [1.82, 2.24) is 5.32 Å². The van der Waals surface area contributed by atoms with E-state index >= 15 is 0 Å². The van der Waals surface area contributed by atoms with E-state index in [1.54, 1.807) is 0 Å². The van der Waals surface area contributed by atoms with E-state index in [-0.39, 0.29) is 6.42 Å². The molecule has 0 radical (unpaired) electrons. The molecule has 0 aliphatic carbocycles. The quantitative estimate of drug-likeness (QED) is 0.572. The predicted octanol–water partition coefficient (Wildman–Crippen LogP) is 1.24. The van der Waals surface area contributed by atoms with Crippen molar-refractivity contribution in [1.29, 1.82) is 0 Å². The van der Waals surface area contributed by atoms with Gasteiger partial charge in [-0.05, 0) is 25.7 Å². The Labute approximate surface area is 91.7 Å². The highest BCUT2D eigenvalue weighted by Gasteiger charge is 2.10. The van der Waals surface area contributed by atoms with Crippen LogP contribution in [0.4, 0.5) is 0 Å². The summed E-state index contributed by atoms with van der Waals surface area (Å²) in [6, 6.07) is 0.329. The second kappa shape index (κ2) is 7.65. The Hall–Kier alpha value is -0.610. The molecule has 0 bridgehead atoms. The lowest BCUT2D eigenvalue weighted by atomic mass is 10.0. The molecule has 0 aliphatic rings. The van der Waals surface area contributed by atoms with E-state index in [0.717, 1.165) is 12.8 Å². The molecule has 0 fully saturated rings. The van der Waals surface area contributed by atoms with Gasteiger partial charge >= 0.3 is 5.97 Å². The minimum atomic E-state index is -0.959. The number of hydrogen-bond acceptors (Lipinski definition) is 3.